The molecule has 0 atom stereocenters. The lowest BCUT2D eigenvalue weighted by molar-refractivity contribution is 0.0761. The summed E-state index contributed by atoms with van der Waals surface area (Å²) in [5, 5.41) is 0. The molecule has 1 saturated heterocycles. The number of ether oxygens (including phenoxy) is 1. The molecule has 0 bridgehead atoms. The van der Waals surface area contributed by atoms with E-state index in [1.165, 1.54) is 16.8 Å². The third-order valence-corrected chi connectivity index (χ3v) is 6.68. The summed E-state index contributed by atoms with van der Waals surface area (Å²) in [5.74, 6) is 1.00. The fourth-order valence-electron chi connectivity index (χ4n) is 4.79. The van der Waals surface area contributed by atoms with Crippen LogP contribution in [0.2, 0.25) is 0 Å². The van der Waals surface area contributed by atoms with E-state index in [-0.39, 0.29) is 5.91 Å². The molecule has 34 heavy (non-hydrogen) atoms. The normalized spacial score (nSPS) is 16.1. The molecule has 3 aromatic rings. The van der Waals surface area contributed by atoms with Crippen LogP contribution in [0.25, 0.3) is 6.08 Å². The molecule has 174 valence electrons. The quantitative estimate of drug-likeness (QED) is 0.532. The maximum Gasteiger partial charge on any atom is 0.253 e. The third kappa shape index (κ3) is 4.85. The van der Waals surface area contributed by atoms with E-state index in [1.54, 1.807) is 7.11 Å². The number of para-hydroxylation sites is 1. The number of nitrogens with zero attached hydrogens (tertiary/aromatic N) is 3. The van der Waals surface area contributed by atoms with Crippen LogP contribution in [-0.4, -0.2) is 55.5 Å². The van der Waals surface area contributed by atoms with Gasteiger partial charge in [0.15, 0.2) is 0 Å². The molecule has 2 aliphatic rings. The standard InChI is InChI=1S/C29H31N3O2/c1-34-27-15-9-23(10-16-27)22-30-17-5-18-31(21-20-30)29(33)25-11-13-26(14-12-25)32-19-4-7-24-6-2-3-8-28(24)32/h2-4,6-16H,5,17-22H2,1H3. The Morgan fingerprint density at radius 3 is 2.47 bits per heavy atom. The molecule has 1 fully saturated rings. The minimum atomic E-state index is 0.122. The van der Waals surface area contributed by atoms with Gasteiger partial charge in [0.05, 0.1) is 7.11 Å². The van der Waals surface area contributed by atoms with Crippen molar-refractivity contribution in [2.24, 2.45) is 0 Å². The molecule has 1 amide bonds. The number of hydrogen-bond acceptors (Lipinski definition) is 4. The van der Waals surface area contributed by atoms with Crippen LogP contribution in [0.5, 0.6) is 5.75 Å². The number of hydrogen-bond donors (Lipinski definition) is 0. The Labute approximate surface area is 201 Å². The highest BCUT2D eigenvalue weighted by molar-refractivity contribution is 5.94. The predicted molar refractivity (Wildman–Crippen MR) is 138 cm³/mol. The lowest BCUT2D eigenvalue weighted by Gasteiger charge is -2.28. The number of fused-ring (bicyclic) bond motifs is 1. The first kappa shape index (κ1) is 22.2. The van der Waals surface area contributed by atoms with Gasteiger partial charge in [-0.05, 0) is 60.0 Å². The van der Waals surface area contributed by atoms with Crippen LogP contribution in [0, 0.1) is 0 Å². The molecule has 0 radical (unpaired) electrons. The Hall–Kier alpha value is -3.57. The highest BCUT2D eigenvalue weighted by Gasteiger charge is 2.21. The Kier molecular flexibility index (Phi) is 6.63. The number of carbonyl (C=O) groups excluding carboxylic acids is 1. The van der Waals surface area contributed by atoms with Crippen LogP contribution in [0.15, 0.2) is 78.9 Å². The number of carbonyl (C=O) groups is 1. The highest BCUT2D eigenvalue weighted by Crippen LogP contribution is 2.32. The summed E-state index contributed by atoms with van der Waals surface area (Å²) < 4.78 is 5.26. The van der Waals surface area contributed by atoms with E-state index in [4.69, 9.17) is 4.74 Å². The van der Waals surface area contributed by atoms with Gasteiger partial charge in [0, 0.05) is 56.2 Å². The second-order valence-corrected chi connectivity index (χ2v) is 8.89. The monoisotopic (exact) mass is 453 g/mol. The van der Waals surface area contributed by atoms with Crippen molar-refractivity contribution in [3.63, 3.8) is 0 Å². The molecule has 2 aliphatic heterocycles. The van der Waals surface area contributed by atoms with Crippen LogP contribution < -0.4 is 9.64 Å². The molecular formula is C29H31N3O2. The largest absolute Gasteiger partial charge is 0.497 e. The van der Waals surface area contributed by atoms with E-state index in [0.717, 1.165) is 62.7 Å². The zero-order valence-corrected chi connectivity index (χ0v) is 19.7. The van der Waals surface area contributed by atoms with Gasteiger partial charge in [-0.25, -0.2) is 0 Å². The summed E-state index contributed by atoms with van der Waals surface area (Å²) in [7, 11) is 1.69. The van der Waals surface area contributed by atoms with E-state index in [1.807, 2.05) is 29.2 Å². The van der Waals surface area contributed by atoms with Crippen LogP contribution >= 0.6 is 0 Å². The number of methoxy groups -OCH3 is 1. The maximum absolute atomic E-state index is 13.2. The lowest BCUT2D eigenvalue weighted by atomic mass is 10.1. The van der Waals surface area contributed by atoms with Gasteiger partial charge in [-0.3, -0.25) is 9.69 Å². The van der Waals surface area contributed by atoms with Crippen LogP contribution in [0.1, 0.15) is 27.9 Å². The van der Waals surface area contributed by atoms with Crippen LogP contribution in [-0.2, 0) is 6.54 Å². The smallest absolute Gasteiger partial charge is 0.253 e. The van der Waals surface area contributed by atoms with Gasteiger partial charge in [-0.2, -0.15) is 0 Å². The first-order chi connectivity index (χ1) is 16.7. The first-order valence-electron chi connectivity index (χ1n) is 12.0. The third-order valence-electron chi connectivity index (χ3n) is 6.68. The maximum atomic E-state index is 13.2. The molecular weight excluding hydrogens is 422 g/mol. The van der Waals surface area contributed by atoms with Crippen molar-refractivity contribution in [2.45, 2.75) is 13.0 Å². The van der Waals surface area contributed by atoms with E-state index < -0.39 is 0 Å². The number of rotatable bonds is 5. The van der Waals surface area contributed by atoms with Crippen molar-refractivity contribution < 1.29 is 9.53 Å². The average Bonchev–Trinajstić information content (AvgIpc) is 3.14. The molecule has 0 saturated carbocycles. The number of anilines is 2. The van der Waals surface area contributed by atoms with E-state index in [0.29, 0.717) is 0 Å². The Morgan fingerprint density at radius 2 is 1.68 bits per heavy atom. The van der Waals surface area contributed by atoms with Crippen LogP contribution in [0.4, 0.5) is 11.4 Å². The average molecular weight is 454 g/mol. The van der Waals surface area contributed by atoms with Crippen molar-refractivity contribution in [3.05, 3.63) is 95.6 Å². The zero-order valence-electron chi connectivity index (χ0n) is 19.7. The molecule has 5 nitrogen and oxygen atoms in total. The number of benzene rings is 3. The zero-order chi connectivity index (χ0) is 23.3. The van der Waals surface area contributed by atoms with Gasteiger partial charge < -0.3 is 14.5 Å². The molecule has 5 rings (SSSR count). The van der Waals surface area contributed by atoms with Gasteiger partial charge in [0.1, 0.15) is 5.75 Å². The van der Waals surface area contributed by atoms with Gasteiger partial charge in [-0.15, -0.1) is 0 Å². The summed E-state index contributed by atoms with van der Waals surface area (Å²) in [6.45, 7) is 5.15. The first-order valence-corrected chi connectivity index (χ1v) is 12.0. The van der Waals surface area contributed by atoms with Crippen molar-refractivity contribution in [2.75, 3.05) is 44.7 Å². The lowest BCUT2D eigenvalue weighted by Crippen LogP contribution is -2.35. The second-order valence-electron chi connectivity index (χ2n) is 8.89. The summed E-state index contributed by atoms with van der Waals surface area (Å²) in [6.07, 6.45) is 5.33. The topological polar surface area (TPSA) is 36.0 Å². The van der Waals surface area contributed by atoms with Gasteiger partial charge in [0.25, 0.3) is 5.91 Å². The van der Waals surface area contributed by atoms with Gasteiger partial charge >= 0.3 is 0 Å². The van der Waals surface area contributed by atoms with Crippen molar-refractivity contribution in [3.8, 4) is 5.75 Å². The summed E-state index contributed by atoms with van der Waals surface area (Å²) in [4.78, 5) is 20.0. The summed E-state index contributed by atoms with van der Waals surface area (Å²) in [6, 6.07) is 24.7. The summed E-state index contributed by atoms with van der Waals surface area (Å²) in [5.41, 5.74) is 5.56. The van der Waals surface area contributed by atoms with Crippen LogP contribution in [0.3, 0.4) is 0 Å². The molecule has 3 aromatic carbocycles. The molecule has 0 unspecified atom stereocenters. The molecule has 5 heteroatoms. The molecule has 2 heterocycles. The molecule has 0 N–H and O–H groups in total. The molecule has 0 aromatic heterocycles. The van der Waals surface area contributed by atoms with Crippen molar-refractivity contribution >= 4 is 23.4 Å². The number of amides is 1. The Balaban J connectivity index is 1.21. The summed E-state index contributed by atoms with van der Waals surface area (Å²) >= 11 is 0. The Morgan fingerprint density at radius 1 is 0.882 bits per heavy atom. The minimum absolute atomic E-state index is 0.122. The van der Waals surface area contributed by atoms with E-state index in [9.17, 15) is 4.79 Å². The molecule has 0 aliphatic carbocycles. The van der Waals surface area contributed by atoms with Gasteiger partial charge in [-0.1, -0.05) is 42.5 Å². The van der Waals surface area contributed by atoms with E-state index >= 15 is 0 Å². The predicted octanol–water partition coefficient (Wildman–Crippen LogP) is 5.21. The van der Waals surface area contributed by atoms with Crippen molar-refractivity contribution in [1.82, 2.24) is 9.80 Å². The second kappa shape index (κ2) is 10.1. The SMILES string of the molecule is COc1ccc(CN2CCCN(C(=O)c3ccc(N4CC=Cc5ccccc54)cc3)CC2)cc1. The molecule has 0 spiro atoms. The van der Waals surface area contributed by atoms with Gasteiger partial charge in [0.2, 0.25) is 0 Å². The van der Waals surface area contributed by atoms with Crippen molar-refractivity contribution in [1.29, 1.82) is 0 Å². The minimum Gasteiger partial charge on any atom is -0.497 e. The highest BCUT2D eigenvalue weighted by atomic mass is 16.5. The Bertz CT molecular complexity index is 1150. The fourth-order valence-corrected chi connectivity index (χ4v) is 4.79. The fraction of sp³-hybridized carbons (Fsp3) is 0.276. The van der Waals surface area contributed by atoms with E-state index in [2.05, 4.69) is 70.5 Å².